The van der Waals surface area contributed by atoms with Crippen molar-refractivity contribution >= 4 is 28.7 Å². The minimum atomic E-state index is -0.747. The summed E-state index contributed by atoms with van der Waals surface area (Å²) >= 11 is 1.76. The lowest BCUT2D eigenvalue weighted by atomic mass is 9.92. The highest BCUT2D eigenvalue weighted by Gasteiger charge is 2.25. The van der Waals surface area contributed by atoms with Crippen LogP contribution in [0.1, 0.15) is 75.7 Å². The Bertz CT molecular complexity index is 797. The first-order valence-electron chi connectivity index (χ1n) is 11.3. The molecule has 1 aromatic carbocycles. The molecule has 3 rings (SSSR count). The Morgan fingerprint density at radius 3 is 2.60 bits per heavy atom. The Hall–Kier alpha value is -2.01. The van der Waals surface area contributed by atoms with Crippen LogP contribution in [0.2, 0.25) is 0 Å². The van der Waals surface area contributed by atoms with E-state index < -0.39 is 5.97 Å². The Labute approximate surface area is 185 Å². The highest BCUT2D eigenvalue weighted by atomic mass is 32.1. The number of carbonyl (C=O) groups is 1. The van der Waals surface area contributed by atoms with Gasteiger partial charge in [-0.05, 0) is 53.8 Å². The summed E-state index contributed by atoms with van der Waals surface area (Å²) < 4.78 is 0. The molecule has 0 amide bonds. The Morgan fingerprint density at radius 2 is 1.97 bits per heavy atom. The minimum Gasteiger partial charge on any atom is -0.481 e. The van der Waals surface area contributed by atoms with Crippen LogP contribution < -0.4 is 10.2 Å². The van der Waals surface area contributed by atoms with Crippen LogP contribution in [0.3, 0.4) is 0 Å². The molecule has 1 unspecified atom stereocenters. The molecule has 0 saturated heterocycles. The second kappa shape index (κ2) is 10.9. The number of hydrogen-bond donors (Lipinski definition) is 2. The second-order valence-corrected chi connectivity index (χ2v) is 10.1. The number of carboxylic acid groups (broad SMARTS) is 1. The molecule has 0 aliphatic heterocycles. The van der Waals surface area contributed by atoms with Crippen molar-refractivity contribution in [3.63, 3.8) is 0 Å². The maximum atomic E-state index is 11.2. The van der Waals surface area contributed by atoms with E-state index in [-0.39, 0.29) is 12.3 Å². The molecule has 1 aliphatic carbocycles. The van der Waals surface area contributed by atoms with Crippen LogP contribution in [0.5, 0.6) is 0 Å². The topological polar surface area (TPSA) is 52.6 Å². The first kappa shape index (κ1) is 22.7. The molecule has 1 atom stereocenters. The van der Waals surface area contributed by atoms with Gasteiger partial charge in [-0.3, -0.25) is 4.79 Å². The molecule has 2 aromatic rings. The van der Waals surface area contributed by atoms with Gasteiger partial charge in [0, 0.05) is 24.0 Å². The van der Waals surface area contributed by atoms with Crippen molar-refractivity contribution in [3.8, 4) is 0 Å². The molecule has 1 heterocycles. The van der Waals surface area contributed by atoms with Crippen molar-refractivity contribution in [2.75, 3.05) is 16.8 Å². The van der Waals surface area contributed by atoms with E-state index in [1.807, 2.05) is 6.92 Å². The molecule has 0 spiro atoms. The Morgan fingerprint density at radius 1 is 1.20 bits per heavy atom. The molecule has 2 N–H and O–H groups in total. The van der Waals surface area contributed by atoms with Gasteiger partial charge < -0.3 is 15.3 Å². The van der Waals surface area contributed by atoms with Gasteiger partial charge in [-0.1, -0.05) is 52.2 Å². The zero-order valence-corrected chi connectivity index (χ0v) is 19.4. The number of nitrogens with zero attached hydrogens (tertiary/aromatic N) is 1. The molecule has 164 valence electrons. The van der Waals surface area contributed by atoms with Crippen molar-refractivity contribution in [2.45, 2.75) is 77.8 Å². The van der Waals surface area contributed by atoms with Crippen LogP contribution in [-0.4, -0.2) is 23.7 Å². The zero-order chi connectivity index (χ0) is 21.5. The van der Waals surface area contributed by atoms with Crippen molar-refractivity contribution in [1.82, 2.24) is 0 Å². The van der Waals surface area contributed by atoms with E-state index in [0.717, 1.165) is 24.3 Å². The van der Waals surface area contributed by atoms with E-state index in [2.05, 4.69) is 59.8 Å². The number of benzene rings is 1. The van der Waals surface area contributed by atoms with Gasteiger partial charge >= 0.3 is 5.97 Å². The maximum Gasteiger partial charge on any atom is 0.303 e. The fourth-order valence-corrected chi connectivity index (χ4v) is 5.10. The molecule has 1 aromatic heterocycles. The number of aliphatic carboxylic acids is 1. The van der Waals surface area contributed by atoms with E-state index in [9.17, 15) is 9.90 Å². The summed E-state index contributed by atoms with van der Waals surface area (Å²) in [6, 6.07) is 11.4. The third-order valence-corrected chi connectivity index (χ3v) is 6.87. The summed E-state index contributed by atoms with van der Waals surface area (Å²) in [6.07, 6.45) is 6.64. The van der Waals surface area contributed by atoms with Crippen LogP contribution >= 0.6 is 11.3 Å². The van der Waals surface area contributed by atoms with Crippen LogP contribution in [0.25, 0.3) is 0 Å². The highest BCUT2D eigenvalue weighted by Crippen LogP contribution is 2.36. The number of hydrogen-bond acceptors (Lipinski definition) is 4. The van der Waals surface area contributed by atoms with Gasteiger partial charge in [-0.25, -0.2) is 0 Å². The average Bonchev–Trinajstić information content (AvgIpc) is 3.24. The fraction of sp³-hybridized carbons (Fsp3) is 0.560. The highest BCUT2D eigenvalue weighted by molar-refractivity contribution is 7.09. The molecule has 0 radical (unpaired) electrons. The van der Waals surface area contributed by atoms with Crippen LogP contribution in [-0.2, 0) is 11.3 Å². The molecular formula is C25H36N2O2S. The summed E-state index contributed by atoms with van der Waals surface area (Å²) in [5.74, 6) is -0.168. The van der Waals surface area contributed by atoms with Gasteiger partial charge in [0.1, 0.15) is 0 Å². The zero-order valence-electron chi connectivity index (χ0n) is 18.6. The molecule has 30 heavy (non-hydrogen) atoms. The summed E-state index contributed by atoms with van der Waals surface area (Å²) in [7, 11) is 0. The summed E-state index contributed by atoms with van der Waals surface area (Å²) in [5.41, 5.74) is 3.48. The SMILES string of the molecule is CC(C)CN(c1ccc(C(C)CC(=O)O)cc1NCc1cccs1)C1CCCCC1. The number of carboxylic acids is 1. The fourth-order valence-electron chi connectivity index (χ4n) is 4.46. The minimum absolute atomic E-state index is 0.00735. The molecule has 1 aliphatic rings. The largest absolute Gasteiger partial charge is 0.481 e. The predicted octanol–water partition coefficient (Wildman–Crippen LogP) is 6.73. The molecule has 0 bridgehead atoms. The standard InChI is InChI=1S/C25H36N2O2S/c1-18(2)17-27(21-8-5-4-6-9-21)24-12-11-20(19(3)14-25(28)29)15-23(24)26-16-22-10-7-13-30-22/h7,10-13,15,18-19,21,26H,4-6,8-9,14,16-17H2,1-3H3,(H,28,29). The lowest BCUT2D eigenvalue weighted by Crippen LogP contribution is -2.39. The number of nitrogens with one attached hydrogen (secondary N) is 1. The van der Waals surface area contributed by atoms with Gasteiger partial charge in [0.05, 0.1) is 17.8 Å². The quantitative estimate of drug-likeness (QED) is 0.440. The van der Waals surface area contributed by atoms with Crippen molar-refractivity contribution in [3.05, 3.63) is 46.2 Å². The van der Waals surface area contributed by atoms with Gasteiger partial charge in [0.15, 0.2) is 0 Å². The van der Waals surface area contributed by atoms with Crippen molar-refractivity contribution < 1.29 is 9.90 Å². The van der Waals surface area contributed by atoms with Crippen LogP contribution in [0, 0.1) is 5.92 Å². The molecule has 4 nitrogen and oxygen atoms in total. The Balaban J connectivity index is 1.92. The summed E-state index contributed by atoms with van der Waals surface area (Å²) in [6.45, 7) is 8.42. The third kappa shape index (κ3) is 6.24. The van der Waals surface area contributed by atoms with Gasteiger partial charge in [0.25, 0.3) is 0 Å². The monoisotopic (exact) mass is 428 g/mol. The lowest BCUT2D eigenvalue weighted by Gasteiger charge is -2.38. The normalized spacial score (nSPS) is 15.9. The maximum absolute atomic E-state index is 11.2. The van der Waals surface area contributed by atoms with E-state index in [1.165, 1.54) is 42.7 Å². The molecule has 5 heteroatoms. The van der Waals surface area contributed by atoms with E-state index >= 15 is 0 Å². The number of rotatable bonds is 10. The molecular weight excluding hydrogens is 392 g/mol. The first-order chi connectivity index (χ1) is 14.4. The predicted molar refractivity (Wildman–Crippen MR) is 128 cm³/mol. The van der Waals surface area contributed by atoms with E-state index in [0.29, 0.717) is 12.0 Å². The average molecular weight is 429 g/mol. The van der Waals surface area contributed by atoms with E-state index in [1.54, 1.807) is 11.3 Å². The first-order valence-corrected chi connectivity index (χ1v) is 12.2. The van der Waals surface area contributed by atoms with Crippen LogP contribution in [0.15, 0.2) is 35.7 Å². The Kier molecular flexibility index (Phi) is 8.20. The number of thiophene rings is 1. The summed E-state index contributed by atoms with van der Waals surface area (Å²) in [4.78, 5) is 15.2. The third-order valence-electron chi connectivity index (χ3n) is 5.99. The smallest absolute Gasteiger partial charge is 0.303 e. The van der Waals surface area contributed by atoms with Crippen molar-refractivity contribution in [2.24, 2.45) is 5.92 Å². The van der Waals surface area contributed by atoms with Gasteiger partial charge in [-0.15, -0.1) is 11.3 Å². The number of anilines is 2. The van der Waals surface area contributed by atoms with Gasteiger partial charge in [-0.2, -0.15) is 0 Å². The molecule has 1 saturated carbocycles. The van der Waals surface area contributed by atoms with Gasteiger partial charge in [0.2, 0.25) is 0 Å². The summed E-state index contributed by atoms with van der Waals surface area (Å²) in [5, 5.41) is 15.0. The lowest BCUT2D eigenvalue weighted by molar-refractivity contribution is -0.137. The van der Waals surface area contributed by atoms with Crippen LogP contribution in [0.4, 0.5) is 11.4 Å². The van der Waals surface area contributed by atoms with E-state index in [4.69, 9.17) is 0 Å². The van der Waals surface area contributed by atoms with Crippen molar-refractivity contribution in [1.29, 1.82) is 0 Å². The molecule has 1 fully saturated rings. The second-order valence-electron chi connectivity index (χ2n) is 9.05.